The highest BCUT2D eigenvalue weighted by molar-refractivity contribution is 5.84. The summed E-state index contributed by atoms with van der Waals surface area (Å²) < 4.78 is 6.20. The first kappa shape index (κ1) is 14.8. The summed E-state index contributed by atoms with van der Waals surface area (Å²) >= 11 is 0. The van der Waals surface area contributed by atoms with Crippen LogP contribution < -0.4 is 10.1 Å². The molecule has 0 bridgehead atoms. The van der Waals surface area contributed by atoms with E-state index >= 15 is 0 Å². The van der Waals surface area contributed by atoms with Gasteiger partial charge in [-0.15, -0.1) is 0 Å². The number of hydrogen-bond donors (Lipinski definition) is 1. The Morgan fingerprint density at radius 3 is 2.80 bits per heavy atom. The summed E-state index contributed by atoms with van der Waals surface area (Å²) in [6.07, 6.45) is 2.37. The molecule has 20 heavy (non-hydrogen) atoms. The summed E-state index contributed by atoms with van der Waals surface area (Å²) in [5.41, 5.74) is 1.98. The lowest BCUT2D eigenvalue weighted by Gasteiger charge is -2.19. The zero-order valence-electron chi connectivity index (χ0n) is 12.6. The van der Waals surface area contributed by atoms with Crippen LogP contribution in [0.1, 0.15) is 32.4 Å². The molecule has 0 saturated heterocycles. The van der Waals surface area contributed by atoms with E-state index in [0.717, 1.165) is 48.3 Å². The number of hydrogen-bond acceptors (Lipinski definition) is 3. The van der Waals surface area contributed by atoms with Gasteiger partial charge >= 0.3 is 0 Å². The standard InChI is InChI=1S/C17H24N2O/c1-4-7-15(12-18-5-2)20-16-9-6-8-14-11-10-13(3)19-17(14)16/h6,8-11,15,18H,4-5,7,12H2,1-3H3. The first-order chi connectivity index (χ1) is 9.74. The molecule has 1 aromatic carbocycles. The minimum atomic E-state index is 0.202. The van der Waals surface area contributed by atoms with Gasteiger partial charge in [-0.2, -0.15) is 0 Å². The van der Waals surface area contributed by atoms with Crippen molar-refractivity contribution in [3.8, 4) is 5.75 Å². The van der Waals surface area contributed by atoms with Crippen molar-refractivity contribution in [1.29, 1.82) is 0 Å². The molecular formula is C17H24N2O. The van der Waals surface area contributed by atoms with Crippen LogP contribution in [0.5, 0.6) is 5.75 Å². The van der Waals surface area contributed by atoms with Crippen LogP contribution in [0.15, 0.2) is 30.3 Å². The van der Waals surface area contributed by atoms with E-state index in [-0.39, 0.29) is 6.10 Å². The minimum Gasteiger partial charge on any atom is -0.487 e. The molecule has 1 heterocycles. The lowest BCUT2D eigenvalue weighted by atomic mass is 10.1. The number of benzene rings is 1. The number of para-hydroxylation sites is 1. The molecule has 0 aliphatic heterocycles. The first-order valence-corrected chi connectivity index (χ1v) is 7.48. The van der Waals surface area contributed by atoms with Gasteiger partial charge in [-0.1, -0.05) is 38.5 Å². The molecule has 2 aromatic rings. The quantitative estimate of drug-likeness (QED) is 0.834. The highest BCUT2D eigenvalue weighted by Crippen LogP contribution is 2.25. The van der Waals surface area contributed by atoms with Crippen molar-refractivity contribution >= 4 is 10.9 Å². The van der Waals surface area contributed by atoms with E-state index in [9.17, 15) is 0 Å². The van der Waals surface area contributed by atoms with Gasteiger partial charge in [0.2, 0.25) is 0 Å². The maximum absolute atomic E-state index is 6.20. The summed E-state index contributed by atoms with van der Waals surface area (Å²) in [5.74, 6) is 0.891. The van der Waals surface area contributed by atoms with Gasteiger partial charge in [-0.05, 0) is 32.0 Å². The molecule has 1 unspecified atom stereocenters. The van der Waals surface area contributed by atoms with Gasteiger partial charge in [-0.3, -0.25) is 0 Å². The van der Waals surface area contributed by atoms with Crippen LogP contribution in [0.25, 0.3) is 10.9 Å². The molecule has 3 heteroatoms. The fourth-order valence-electron chi connectivity index (χ4n) is 2.32. The van der Waals surface area contributed by atoms with Gasteiger partial charge in [0.15, 0.2) is 0 Å². The summed E-state index contributed by atoms with van der Waals surface area (Å²) in [7, 11) is 0. The zero-order valence-corrected chi connectivity index (χ0v) is 12.6. The Balaban J connectivity index is 2.24. The molecule has 2 rings (SSSR count). The monoisotopic (exact) mass is 272 g/mol. The third-order valence-corrected chi connectivity index (χ3v) is 3.35. The van der Waals surface area contributed by atoms with E-state index in [0.29, 0.717) is 0 Å². The van der Waals surface area contributed by atoms with Gasteiger partial charge in [0.1, 0.15) is 17.4 Å². The maximum Gasteiger partial charge on any atom is 0.146 e. The topological polar surface area (TPSA) is 34.1 Å². The Morgan fingerprint density at radius 2 is 2.05 bits per heavy atom. The fourth-order valence-corrected chi connectivity index (χ4v) is 2.32. The number of pyridine rings is 1. The summed E-state index contributed by atoms with van der Waals surface area (Å²) in [6, 6.07) is 10.3. The van der Waals surface area contributed by atoms with E-state index in [4.69, 9.17) is 4.74 Å². The van der Waals surface area contributed by atoms with E-state index in [1.807, 2.05) is 25.1 Å². The second kappa shape index (κ2) is 7.25. The molecule has 0 fully saturated rings. The van der Waals surface area contributed by atoms with Crippen molar-refractivity contribution in [3.63, 3.8) is 0 Å². The third kappa shape index (κ3) is 3.70. The normalized spacial score (nSPS) is 12.6. The third-order valence-electron chi connectivity index (χ3n) is 3.35. The molecule has 0 radical (unpaired) electrons. The van der Waals surface area contributed by atoms with Gasteiger partial charge in [-0.25, -0.2) is 4.98 Å². The Bertz CT molecular complexity index is 554. The average Bonchev–Trinajstić information content (AvgIpc) is 2.45. The average molecular weight is 272 g/mol. The van der Waals surface area contributed by atoms with Gasteiger partial charge in [0.25, 0.3) is 0 Å². The number of likely N-dealkylation sites (N-methyl/N-ethyl adjacent to an activating group) is 1. The number of rotatable bonds is 7. The summed E-state index contributed by atoms with van der Waals surface area (Å²) in [4.78, 5) is 4.62. The molecule has 1 aromatic heterocycles. The number of fused-ring (bicyclic) bond motifs is 1. The largest absolute Gasteiger partial charge is 0.487 e. The molecule has 108 valence electrons. The smallest absolute Gasteiger partial charge is 0.146 e. The zero-order chi connectivity index (χ0) is 14.4. The van der Waals surface area contributed by atoms with Crippen molar-refractivity contribution in [2.75, 3.05) is 13.1 Å². The lowest BCUT2D eigenvalue weighted by Crippen LogP contribution is -2.31. The SMILES string of the molecule is CCCC(CNCC)Oc1cccc2ccc(C)nc12. The second-order valence-corrected chi connectivity index (χ2v) is 5.12. The van der Waals surface area contributed by atoms with Crippen LogP contribution in [0.3, 0.4) is 0 Å². The van der Waals surface area contributed by atoms with Crippen molar-refractivity contribution in [1.82, 2.24) is 10.3 Å². The van der Waals surface area contributed by atoms with Crippen molar-refractivity contribution in [3.05, 3.63) is 36.0 Å². The van der Waals surface area contributed by atoms with Crippen LogP contribution in [0, 0.1) is 6.92 Å². The van der Waals surface area contributed by atoms with E-state index < -0.39 is 0 Å². The van der Waals surface area contributed by atoms with Crippen molar-refractivity contribution in [2.45, 2.75) is 39.7 Å². The number of nitrogens with one attached hydrogen (secondary N) is 1. The van der Waals surface area contributed by atoms with Crippen LogP contribution in [-0.4, -0.2) is 24.2 Å². The van der Waals surface area contributed by atoms with Gasteiger partial charge in [0, 0.05) is 17.6 Å². The van der Waals surface area contributed by atoms with Crippen LogP contribution in [0.2, 0.25) is 0 Å². The molecule has 1 atom stereocenters. The molecule has 0 amide bonds. The summed E-state index contributed by atoms with van der Waals surface area (Å²) in [6.45, 7) is 8.17. The molecule has 0 aliphatic carbocycles. The second-order valence-electron chi connectivity index (χ2n) is 5.12. The molecule has 0 spiro atoms. The van der Waals surface area contributed by atoms with Crippen LogP contribution in [-0.2, 0) is 0 Å². The Hall–Kier alpha value is -1.61. The highest BCUT2D eigenvalue weighted by Gasteiger charge is 2.11. The van der Waals surface area contributed by atoms with Crippen LogP contribution >= 0.6 is 0 Å². The predicted molar refractivity (Wildman–Crippen MR) is 84.3 cm³/mol. The minimum absolute atomic E-state index is 0.202. The van der Waals surface area contributed by atoms with E-state index in [1.54, 1.807) is 0 Å². The predicted octanol–water partition coefficient (Wildman–Crippen LogP) is 3.70. The molecule has 0 aliphatic rings. The van der Waals surface area contributed by atoms with E-state index in [1.165, 1.54) is 0 Å². The first-order valence-electron chi connectivity index (χ1n) is 7.48. The molecule has 3 nitrogen and oxygen atoms in total. The number of aromatic nitrogens is 1. The molecule has 0 saturated carbocycles. The number of nitrogens with zero attached hydrogens (tertiary/aromatic N) is 1. The Kier molecular flexibility index (Phi) is 5.36. The van der Waals surface area contributed by atoms with Gasteiger partial charge in [0.05, 0.1) is 0 Å². The summed E-state index contributed by atoms with van der Waals surface area (Å²) in [5, 5.41) is 4.50. The van der Waals surface area contributed by atoms with Crippen molar-refractivity contribution in [2.24, 2.45) is 0 Å². The molecule has 1 N–H and O–H groups in total. The Labute approximate surface area is 121 Å². The lowest BCUT2D eigenvalue weighted by molar-refractivity contribution is 0.189. The Morgan fingerprint density at radius 1 is 1.20 bits per heavy atom. The number of ether oxygens (including phenoxy) is 1. The fraction of sp³-hybridized carbons (Fsp3) is 0.471. The maximum atomic E-state index is 6.20. The van der Waals surface area contributed by atoms with Crippen molar-refractivity contribution < 1.29 is 4.74 Å². The van der Waals surface area contributed by atoms with Gasteiger partial charge < -0.3 is 10.1 Å². The number of aryl methyl sites for hydroxylation is 1. The molecular weight excluding hydrogens is 248 g/mol. The highest BCUT2D eigenvalue weighted by atomic mass is 16.5. The van der Waals surface area contributed by atoms with Crippen LogP contribution in [0.4, 0.5) is 0 Å². The van der Waals surface area contributed by atoms with E-state index in [2.05, 4.69) is 36.3 Å².